The number of pyridine rings is 1. The molecule has 1 N–H and O–H groups in total. The van der Waals surface area contributed by atoms with Gasteiger partial charge in [-0.15, -0.1) is 0 Å². The van der Waals surface area contributed by atoms with E-state index in [1.54, 1.807) is 6.20 Å². The highest BCUT2D eigenvalue weighted by atomic mass is 16.5. The van der Waals surface area contributed by atoms with Gasteiger partial charge in [-0.2, -0.15) is 0 Å². The molecule has 0 spiro atoms. The van der Waals surface area contributed by atoms with E-state index < -0.39 is 0 Å². The van der Waals surface area contributed by atoms with Crippen LogP contribution in [0.3, 0.4) is 0 Å². The molecular weight excluding hydrogens is 264 g/mol. The summed E-state index contributed by atoms with van der Waals surface area (Å²) in [7, 11) is 0. The van der Waals surface area contributed by atoms with E-state index in [1.165, 1.54) is 0 Å². The van der Waals surface area contributed by atoms with Crippen LogP contribution in [-0.4, -0.2) is 30.1 Å². The quantitative estimate of drug-likeness (QED) is 0.941. The highest BCUT2D eigenvalue weighted by Crippen LogP contribution is 2.21. The lowest BCUT2D eigenvalue weighted by Gasteiger charge is -2.23. The summed E-state index contributed by atoms with van der Waals surface area (Å²) in [6.45, 7) is 1.43. The average molecular weight is 282 g/mol. The second kappa shape index (κ2) is 6.50. The van der Waals surface area contributed by atoms with Gasteiger partial charge in [-0.1, -0.05) is 24.3 Å². The molecule has 1 aliphatic rings. The molecule has 0 bridgehead atoms. The molecule has 0 atom stereocenters. The van der Waals surface area contributed by atoms with Crippen molar-refractivity contribution in [2.24, 2.45) is 0 Å². The lowest BCUT2D eigenvalue weighted by molar-refractivity contribution is 0.0697. The summed E-state index contributed by atoms with van der Waals surface area (Å²) in [4.78, 5) is 16.9. The van der Waals surface area contributed by atoms with Crippen molar-refractivity contribution in [2.75, 3.05) is 13.2 Å². The minimum Gasteiger partial charge on any atom is -0.381 e. The zero-order valence-corrected chi connectivity index (χ0v) is 11.8. The summed E-state index contributed by atoms with van der Waals surface area (Å²) >= 11 is 0. The lowest BCUT2D eigenvalue weighted by atomic mass is 10.0. The maximum Gasteiger partial charge on any atom is 0.252 e. The van der Waals surface area contributed by atoms with Crippen molar-refractivity contribution in [3.63, 3.8) is 0 Å². The van der Waals surface area contributed by atoms with Gasteiger partial charge in [0.15, 0.2) is 0 Å². The zero-order valence-electron chi connectivity index (χ0n) is 11.8. The molecule has 0 saturated carbocycles. The van der Waals surface area contributed by atoms with E-state index in [0.717, 1.165) is 24.1 Å². The van der Waals surface area contributed by atoms with Crippen molar-refractivity contribution in [1.29, 1.82) is 0 Å². The Morgan fingerprint density at radius 1 is 1.10 bits per heavy atom. The minimum atomic E-state index is -0.0387. The predicted molar refractivity (Wildman–Crippen MR) is 81.0 cm³/mol. The molecule has 108 valence electrons. The Labute approximate surface area is 124 Å². The van der Waals surface area contributed by atoms with Gasteiger partial charge in [0.1, 0.15) is 0 Å². The summed E-state index contributed by atoms with van der Waals surface area (Å²) in [6, 6.07) is 13.5. The Bertz CT molecular complexity index is 607. The largest absolute Gasteiger partial charge is 0.381 e. The SMILES string of the molecule is O=C(NC1CCOCC1)c1ccccc1-c1ccccn1. The van der Waals surface area contributed by atoms with E-state index in [-0.39, 0.29) is 11.9 Å². The van der Waals surface area contributed by atoms with Crippen LogP contribution in [0.2, 0.25) is 0 Å². The first-order valence-corrected chi connectivity index (χ1v) is 7.23. The monoisotopic (exact) mass is 282 g/mol. The highest BCUT2D eigenvalue weighted by molar-refractivity contribution is 6.00. The highest BCUT2D eigenvalue weighted by Gasteiger charge is 2.19. The van der Waals surface area contributed by atoms with Crippen molar-refractivity contribution in [2.45, 2.75) is 18.9 Å². The predicted octanol–water partition coefficient (Wildman–Crippen LogP) is 2.66. The molecular formula is C17H18N2O2. The fraction of sp³-hybridized carbons (Fsp3) is 0.294. The smallest absolute Gasteiger partial charge is 0.252 e. The molecule has 4 nitrogen and oxygen atoms in total. The van der Waals surface area contributed by atoms with E-state index in [9.17, 15) is 4.79 Å². The molecule has 4 heteroatoms. The van der Waals surface area contributed by atoms with Gasteiger partial charge < -0.3 is 10.1 Å². The second-order valence-corrected chi connectivity index (χ2v) is 5.12. The molecule has 1 aromatic carbocycles. The van der Waals surface area contributed by atoms with Gasteiger partial charge in [0.05, 0.1) is 5.69 Å². The fourth-order valence-corrected chi connectivity index (χ4v) is 2.53. The Morgan fingerprint density at radius 2 is 1.86 bits per heavy atom. The number of hydrogen-bond donors (Lipinski definition) is 1. The fourth-order valence-electron chi connectivity index (χ4n) is 2.53. The van der Waals surface area contributed by atoms with Crippen LogP contribution in [0.4, 0.5) is 0 Å². The lowest BCUT2D eigenvalue weighted by Crippen LogP contribution is -2.39. The first kappa shape index (κ1) is 13.8. The Balaban J connectivity index is 1.83. The van der Waals surface area contributed by atoms with E-state index in [0.29, 0.717) is 18.8 Å². The molecule has 3 rings (SSSR count). The third-order valence-corrected chi connectivity index (χ3v) is 3.67. The number of benzene rings is 1. The summed E-state index contributed by atoms with van der Waals surface area (Å²) in [6.07, 6.45) is 3.48. The number of hydrogen-bond acceptors (Lipinski definition) is 3. The molecule has 0 radical (unpaired) electrons. The topological polar surface area (TPSA) is 51.2 Å². The number of nitrogens with zero attached hydrogens (tertiary/aromatic N) is 1. The number of aromatic nitrogens is 1. The summed E-state index contributed by atoms with van der Waals surface area (Å²) in [5, 5.41) is 3.10. The maximum absolute atomic E-state index is 12.5. The van der Waals surface area contributed by atoms with Gasteiger partial charge in [-0.05, 0) is 31.0 Å². The maximum atomic E-state index is 12.5. The molecule has 1 amide bonds. The third-order valence-electron chi connectivity index (χ3n) is 3.67. The normalized spacial score (nSPS) is 15.6. The minimum absolute atomic E-state index is 0.0387. The van der Waals surface area contributed by atoms with Gasteiger partial charge in [0, 0.05) is 36.6 Å². The van der Waals surface area contributed by atoms with Crippen LogP contribution in [0.5, 0.6) is 0 Å². The standard InChI is InChI=1S/C17H18N2O2/c20-17(19-13-8-11-21-12-9-13)15-6-2-1-5-14(15)16-7-3-4-10-18-16/h1-7,10,13H,8-9,11-12H2,(H,19,20). The van der Waals surface area contributed by atoms with Gasteiger partial charge in [-0.25, -0.2) is 0 Å². The Morgan fingerprint density at radius 3 is 2.62 bits per heavy atom. The summed E-state index contributed by atoms with van der Waals surface area (Å²) < 4.78 is 5.32. The van der Waals surface area contributed by atoms with Crippen molar-refractivity contribution in [3.8, 4) is 11.3 Å². The molecule has 1 aromatic heterocycles. The molecule has 21 heavy (non-hydrogen) atoms. The Hall–Kier alpha value is -2.20. The first-order valence-electron chi connectivity index (χ1n) is 7.23. The van der Waals surface area contributed by atoms with Crippen LogP contribution in [0.1, 0.15) is 23.2 Å². The van der Waals surface area contributed by atoms with E-state index in [1.807, 2.05) is 42.5 Å². The van der Waals surface area contributed by atoms with Crippen LogP contribution in [-0.2, 0) is 4.74 Å². The second-order valence-electron chi connectivity index (χ2n) is 5.12. The van der Waals surface area contributed by atoms with Crippen molar-refractivity contribution in [1.82, 2.24) is 10.3 Å². The van der Waals surface area contributed by atoms with Crippen molar-refractivity contribution in [3.05, 3.63) is 54.2 Å². The molecule has 0 aliphatic carbocycles. The summed E-state index contributed by atoms with van der Waals surface area (Å²) in [5.74, 6) is -0.0387. The Kier molecular flexibility index (Phi) is 4.26. The van der Waals surface area contributed by atoms with Gasteiger partial charge >= 0.3 is 0 Å². The van der Waals surface area contributed by atoms with E-state index in [2.05, 4.69) is 10.3 Å². The van der Waals surface area contributed by atoms with Crippen LogP contribution < -0.4 is 5.32 Å². The average Bonchev–Trinajstić information content (AvgIpc) is 2.56. The number of nitrogens with one attached hydrogen (secondary N) is 1. The number of rotatable bonds is 3. The molecule has 0 unspecified atom stereocenters. The molecule has 1 aliphatic heterocycles. The van der Waals surface area contributed by atoms with Gasteiger partial charge in [0.2, 0.25) is 0 Å². The molecule has 2 aromatic rings. The van der Waals surface area contributed by atoms with Crippen LogP contribution in [0.15, 0.2) is 48.7 Å². The number of carbonyl (C=O) groups is 1. The van der Waals surface area contributed by atoms with Crippen LogP contribution in [0, 0.1) is 0 Å². The molecule has 2 heterocycles. The molecule has 1 saturated heterocycles. The van der Waals surface area contributed by atoms with Crippen molar-refractivity contribution >= 4 is 5.91 Å². The van der Waals surface area contributed by atoms with E-state index >= 15 is 0 Å². The van der Waals surface area contributed by atoms with Crippen molar-refractivity contribution < 1.29 is 9.53 Å². The first-order chi connectivity index (χ1) is 10.3. The zero-order chi connectivity index (χ0) is 14.5. The number of ether oxygens (including phenoxy) is 1. The van der Waals surface area contributed by atoms with Gasteiger partial charge in [-0.3, -0.25) is 9.78 Å². The van der Waals surface area contributed by atoms with Gasteiger partial charge in [0.25, 0.3) is 5.91 Å². The number of amides is 1. The third kappa shape index (κ3) is 3.28. The number of carbonyl (C=O) groups excluding carboxylic acids is 1. The van der Waals surface area contributed by atoms with Crippen LogP contribution >= 0.6 is 0 Å². The summed E-state index contributed by atoms with van der Waals surface area (Å²) in [5.41, 5.74) is 2.35. The van der Waals surface area contributed by atoms with E-state index in [4.69, 9.17) is 4.74 Å². The molecule has 1 fully saturated rings. The van der Waals surface area contributed by atoms with Crippen LogP contribution in [0.25, 0.3) is 11.3 Å².